The molecule has 4 aromatic rings. The summed E-state index contributed by atoms with van der Waals surface area (Å²) in [5.41, 5.74) is 5.95. The molecule has 0 saturated carbocycles. The minimum absolute atomic E-state index is 1.04. The number of rotatable bonds is 3. The first-order chi connectivity index (χ1) is 11.9. The van der Waals surface area contributed by atoms with Gasteiger partial charge in [0.2, 0.25) is 0 Å². The van der Waals surface area contributed by atoms with Crippen molar-refractivity contribution in [2.45, 2.75) is 5.03 Å². The van der Waals surface area contributed by atoms with Crippen LogP contribution in [0.5, 0.6) is 0 Å². The minimum atomic E-state index is 1.04. The maximum absolute atomic E-state index is 4.92. The van der Waals surface area contributed by atoms with Crippen molar-refractivity contribution in [2.24, 2.45) is 0 Å². The molecule has 1 nitrogen and oxygen atoms in total. The Morgan fingerprint density at radius 2 is 1.17 bits per heavy atom. The average molecular weight is 327 g/mol. The van der Waals surface area contributed by atoms with Gasteiger partial charge >= 0.3 is 0 Å². The van der Waals surface area contributed by atoms with E-state index in [1.165, 1.54) is 27.6 Å². The van der Waals surface area contributed by atoms with Crippen LogP contribution in [-0.2, 0) is 0 Å². The van der Waals surface area contributed by atoms with Gasteiger partial charge in [0.15, 0.2) is 0 Å². The van der Waals surface area contributed by atoms with E-state index in [1.807, 2.05) is 0 Å². The van der Waals surface area contributed by atoms with E-state index in [0.717, 1.165) is 10.5 Å². The Kier molecular flexibility index (Phi) is 4.06. The zero-order chi connectivity index (χ0) is 16.4. The zero-order valence-corrected chi connectivity index (χ0v) is 14.3. The quantitative estimate of drug-likeness (QED) is 0.410. The van der Waals surface area contributed by atoms with Crippen molar-refractivity contribution in [3.05, 3.63) is 84.9 Å². The highest BCUT2D eigenvalue weighted by molar-refractivity contribution is 7.98. The lowest BCUT2D eigenvalue weighted by Gasteiger charge is -2.17. The van der Waals surface area contributed by atoms with Crippen LogP contribution in [-0.4, -0.2) is 11.2 Å². The minimum Gasteiger partial charge on any atom is -0.241 e. The van der Waals surface area contributed by atoms with Crippen molar-refractivity contribution in [3.8, 4) is 22.3 Å². The van der Waals surface area contributed by atoms with E-state index < -0.39 is 0 Å². The smallest absolute Gasteiger partial charge is 0.105 e. The van der Waals surface area contributed by atoms with Crippen LogP contribution in [0, 0.1) is 0 Å². The van der Waals surface area contributed by atoms with Crippen molar-refractivity contribution in [3.63, 3.8) is 0 Å². The van der Waals surface area contributed by atoms with Crippen LogP contribution in [0.15, 0.2) is 90.0 Å². The van der Waals surface area contributed by atoms with Crippen molar-refractivity contribution in [1.29, 1.82) is 0 Å². The van der Waals surface area contributed by atoms with E-state index in [-0.39, 0.29) is 0 Å². The van der Waals surface area contributed by atoms with Gasteiger partial charge in [-0.1, -0.05) is 78.9 Å². The SMILES string of the molecule is CSc1nc2ccccc2c(-c2ccccc2)c1-c1ccccc1. The molecule has 2 heteroatoms. The predicted octanol–water partition coefficient (Wildman–Crippen LogP) is 6.29. The van der Waals surface area contributed by atoms with E-state index in [9.17, 15) is 0 Å². The molecule has 4 rings (SSSR count). The van der Waals surface area contributed by atoms with Gasteiger partial charge in [0, 0.05) is 16.5 Å². The van der Waals surface area contributed by atoms with Gasteiger partial charge in [0.05, 0.1) is 5.52 Å². The van der Waals surface area contributed by atoms with Crippen LogP contribution in [0.4, 0.5) is 0 Å². The average Bonchev–Trinajstić information content (AvgIpc) is 2.67. The van der Waals surface area contributed by atoms with E-state index in [4.69, 9.17) is 4.98 Å². The fourth-order valence-corrected chi connectivity index (χ4v) is 3.73. The molecule has 1 heterocycles. The molecular formula is C22H17NS. The van der Waals surface area contributed by atoms with Crippen molar-refractivity contribution in [2.75, 3.05) is 6.26 Å². The summed E-state index contributed by atoms with van der Waals surface area (Å²) in [7, 11) is 0. The number of pyridine rings is 1. The molecule has 3 aromatic carbocycles. The number of aromatic nitrogens is 1. The fraction of sp³-hybridized carbons (Fsp3) is 0.0455. The van der Waals surface area contributed by atoms with Crippen molar-refractivity contribution < 1.29 is 0 Å². The lowest BCUT2D eigenvalue weighted by Crippen LogP contribution is -1.94. The maximum atomic E-state index is 4.92. The number of benzene rings is 3. The second-order valence-electron chi connectivity index (χ2n) is 5.62. The second kappa shape index (κ2) is 6.50. The first-order valence-corrected chi connectivity index (χ1v) is 9.18. The van der Waals surface area contributed by atoms with Crippen LogP contribution < -0.4 is 0 Å². The maximum Gasteiger partial charge on any atom is 0.105 e. The van der Waals surface area contributed by atoms with Crippen LogP contribution in [0.3, 0.4) is 0 Å². The van der Waals surface area contributed by atoms with E-state index in [2.05, 4.69) is 91.2 Å². The molecule has 24 heavy (non-hydrogen) atoms. The first-order valence-electron chi connectivity index (χ1n) is 7.96. The summed E-state index contributed by atoms with van der Waals surface area (Å²) in [4.78, 5) is 4.92. The molecule has 0 fully saturated rings. The summed E-state index contributed by atoms with van der Waals surface area (Å²) in [6.07, 6.45) is 2.10. The van der Waals surface area contributed by atoms with Gasteiger partial charge in [-0.25, -0.2) is 4.98 Å². The van der Waals surface area contributed by atoms with Gasteiger partial charge < -0.3 is 0 Å². The topological polar surface area (TPSA) is 12.9 Å². The molecular weight excluding hydrogens is 310 g/mol. The zero-order valence-electron chi connectivity index (χ0n) is 13.4. The molecule has 0 aliphatic rings. The van der Waals surface area contributed by atoms with Crippen LogP contribution in [0.2, 0.25) is 0 Å². The Labute approximate surface area is 146 Å². The highest BCUT2D eigenvalue weighted by Gasteiger charge is 2.17. The molecule has 0 bridgehead atoms. The third kappa shape index (κ3) is 2.59. The number of hydrogen-bond acceptors (Lipinski definition) is 2. The van der Waals surface area contributed by atoms with E-state index in [1.54, 1.807) is 11.8 Å². The standard InChI is InChI=1S/C22H17NS/c1-24-22-21(17-12-6-3-7-13-17)20(16-10-4-2-5-11-16)18-14-8-9-15-19(18)23-22/h2-15H,1H3. The van der Waals surface area contributed by atoms with E-state index in [0.29, 0.717) is 0 Å². The molecule has 1 aromatic heterocycles. The Morgan fingerprint density at radius 1 is 0.625 bits per heavy atom. The van der Waals surface area contributed by atoms with Gasteiger partial charge in [-0.15, -0.1) is 11.8 Å². The third-order valence-electron chi connectivity index (χ3n) is 4.18. The molecule has 0 aliphatic carbocycles. The molecule has 0 radical (unpaired) electrons. The highest BCUT2D eigenvalue weighted by atomic mass is 32.2. The van der Waals surface area contributed by atoms with Crippen LogP contribution >= 0.6 is 11.8 Å². The van der Waals surface area contributed by atoms with Crippen LogP contribution in [0.25, 0.3) is 33.2 Å². The number of nitrogens with zero attached hydrogens (tertiary/aromatic N) is 1. The third-order valence-corrected chi connectivity index (χ3v) is 4.86. The van der Waals surface area contributed by atoms with Gasteiger partial charge in [0.1, 0.15) is 5.03 Å². The van der Waals surface area contributed by atoms with Crippen LogP contribution in [0.1, 0.15) is 0 Å². The van der Waals surface area contributed by atoms with E-state index >= 15 is 0 Å². The van der Waals surface area contributed by atoms with Gasteiger partial charge in [-0.05, 0) is 23.4 Å². The van der Waals surface area contributed by atoms with Gasteiger partial charge in [-0.3, -0.25) is 0 Å². The van der Waals surface area contributed by atoms with Gasteiger partial charge in [0.25, 0.3) is 0 Å². The molecule has 0 aliphatic heterocycles. The van der Waals surface area contributed by atoms with Crippen molar-refractivity contribution >= 4 is 22.7 Å². The number of para-hydroxylation sites is 1. The summed E-state index contributed by atoms with van der Waals surface area (Å²) in [5, 5.41) is 2.26. The summed E-state index contributed by atoms with van der Waals surface area (Å²) in [5.74, 6) is 0. The molecule has 0 spiro atoms. The number of fused-ring (bicyclic) bond motifs is 1. The molecule has 0 amide bonds. The van der Waals surface area contributed by atoms with Crippen molar-refractivity contribution in [1.82, 2.24) is 4.98 Å². The summed E-state index contributed by atoms with van der Waals surface area (Å²) >= 11 is 1.70. The first kappa shape index (κ1) is 15.0. The molecule has 0 N–H and O–H groups in total. The Morgan fingerprint density at radius 3 is 1.79 bits per heavy atom. The van der Waals surface area contributed by atoms with Gasteiger partial charge in [-0.2, -0.15) is 0 Å². The number of thioether (sulfide) groups is 1. The summed E-state index contributed by atoms with van der Waals surface area (Å²) < 4.78 is 0. The predicted molar refractivity (Wildman–Crippen MR) is 104 cm³/mol. The Bertz CT molecular complexity index is 979. The molecule has 0 atom stereocenters. The molecule has 116 valence electrons. The summed E-state index contributed by atoms with van der Waals surface area (Å²) in [6.45, 7) is 0. The Balaban J connectivity index is 2.16. The monoisotopic (exact) mass is 327 g/mol. The molecule has 0 saturated heterocycles. The molecule has 0 unspecified atom stereocenters. The number of hydrogen-bond donors (Lipinski definition) is 0. The normalized spacial score (nSPS) is 10.9. The highest BCUT2D eigenvalue weighted by Crippen LogP contribution is 2.42. The largest absolute Gasteiger partial charge is 0.241 e. The summed E-state index contributed by atoms with van der Waals surface area (Å²) in [6, 6.07) is 29.6. The lowest BCUT2D eigenvalue weighted by atomic mass is 9.92. The second-order valence-corrected chi connectivity index (χ2v) is 6.42. The fourth-order valence-electron chi connectivity index (χ4n) is 3.11. The Hall–Kier alpha value is -2.58. The lowest BCUT2D eigenvalue weighted by molar-refractivity contribution is 1.20.